The van der Waals surface area contributed by atoms with E-state index in [0.29, 0.717) is 24.7 Å². The van der Waals surface area contributed by atoms with Gasteiger partial charge in [-0.05, 0) is 40.6 Å². The third-order valence-electron chi connectivity index (χ3n) is 7.86. The third-order valence-corrected chi connectivity index (χ3v) is 14.5. The quantitative estimate of drug-likeness (QED) is 0.406. The molecule has 1 saturated heterocycles. The van der Waals surface area contributed by atoms with Gasteiger partial charge in [-0.25, -0.2) is 8.78 Å². The molecule has 4 unspecified atom stereocenters. The van der Waals surface area contributed by atoms with Gasteiger partial charge in [-0.3, -0.25) is 4.79 Å². The molecule has 0 amide bonds. The lowest BCUT2D eigenvalue weighted by atomic mass is 9.70. The second kappa shape index (κ2) is 7.05. The van der Waals surface area contributed by atoms with Crippen molar-refractivity contribution in [3.05, 3.63) is 30.3 Å². The predicted octanol–water partition coefficient (Wildman–Crippen LogP) is 5.93. The largest absolute Gasteiger partial charge is 0.299 e. The van der Waals surface area contributed by atoms with E-state index in [1.54, 1.807) is 5.19 Å². The van der Waals surface area contributed by atoms with Gasteiger partial charge < -0.3 is 0 Å². The molecule has 1 spiro atoms. The smallest absolute Gasteiger partial charge is 0.212 e. The summed E-state index contributed by atoms with van der Waals surface area (Å²) in [5, 5.41) is 1.58. The minimum Gasteiger partial charge on any atom is -0.299 e. The Morgan fingerprint density at radius 1 is 1.15 bits per heavy atom. The Kier molecular flexibility index (Phi) is 5.16. The molecule has 1 heterocycles. The van der Waals surface area contributed by atoms with Gasteiger partial charge in [-0.15, -0.1) is 0 Å². The van der Waals surface area contributed by atoms with E-state index in [4.69, 9.17) is 0 Å². The van der Waals surface area contributed by atoms with E-state index >= 15 is 0 Å². The van der Waals surface area contributed by atoms with Crippen molar-refractivity contribution in [1.29, 1.82) is 0 Å². The van der Waals surface area contributed by atoms with Crippen molar-refractivity contribution in [2.45, 2.75) is 74.3 Å². The summed E-state index contributed by atoms with van der Waals surface area (Å²) in [6.07, 6.45) is 3.44. The van der Waals surface area contributed by atoms with Gasteiger partial charge in [-0.1, -0.05) is 79.8 Å². The SMILES string of the molecule is CCC[Si]1(c2ccccc2)CCC(C2CCC(=O)C3(C2)C(F)C3(F)Br)CC1. The lowest BCUT2D eigenvalue weighted by Crippen LogP contribution is -2.50. The fourth-order valence-electron chi connectivity index (χ4n) is 6.17. The first-order valence-electron chi connectivity index (χ1n) is 10.5. The molecule has 1 aliphatic heterocycles. The van der Waals surface area contributed by atoms with E-state index in [-0.39, 0.29) is 5.78 Å². The molecule has 148 valence electrons. The van der Waals surface area contributed by atoms with E-state index < -0.39 is 24.2 Å². The molecule has 1 aromatic rings. The summed E-state index contributed by atoms with van der Waals surface area (Å²) in [4.78, 5) is 12.3. The van der Waals surface area contributed by atoms with Crippen molar-refractivity contribution in [3.8, 4) is 0 Å². The van der Waals surface area contributed by atoms with E-state index in [0.717, 1.165) is 19.3 Å². The highest BCUT2D eigenvalue weighted by Gasteiger charge is 2.83. The normalized spacial score (nSPS) is 44.4. The van der Waals surface area contributed by atoms with Gasteiger partial charge in [0.2, 0.25) is 4.58 Å². The molecule has 1 nitrogen and oxygen atoms in total. The van der Waals surface area contributed by atoms with Crippen LogP contribution in [0, 0.1) is 17.3 Å². The number of benzene rings is 1. The Labute approximate surface area is 170 Å². The molecular formula is C22H29BrF2OSi. The van der Waals surface area contributed by atoms with Crippen molar-refractivity contribution >= 4 is 35.0 Å². The van der Waals surface area contributed by atoms with Crippen LogP contribution in [-0.2, 0) is 4.79 Å². The average molecular weight is 455 g/mol. The molecule has 2 saturated carbocycles. The molecule has 4 atom stereocenters. The van der Waals surface area contributed by atoms with Crippen LogP contribution in [0.4, 0.5) is 8.78 Å². The van der Waals surface area contributed by atoms with E-state index in [9.17, 15) is 13.6 Å². The number of hydrogen-bond acceptors (Lipinski definition) is 1. The summed E-state index contributed by atoms with van der Waals surface area (Å²) in [6, 6.07) is 14.9. The topological polar surface area (TPSA) is 17.1 Å². The Balaban J connectivity index is 1.47. The molecule has 0 aromatic heterocycles. The first-order valence-corrected chi connectivity index (χ1v) is 13.9. The second-order valence-corrected chi connectivity index (χ2v) is 14.9. The van der Waals surface area contributed by atoms with Crippen LogP contribution in [0.25, 0.3) is 0 Å². The van der Waals surface area contributed by atoms with Crippen molar-refractivity contribution < 1.29 is 13.6 Å². The number of halogens is 3. The zero-order valence-corrected chi connectivity index (χ0v) is 18.6. The number of Topliss-reactive ketones (excluding diaryl/α,β-unsaturated/α-hetero) is 1. The van der Waals surface area contributed by atoms with Crippen molar-refractivity contribution in [3.63, 3.8) is 0 Å². The summed E-state index contributed by atoms with van der Waals surface area (Å²) < 4.78 is 26.6. The monoisotopic (exact) mass is 454 g/mol. The lowest BCUT2D eigenvalue weighted by Gasteiger charge is -2.43. The van der Waals surface area contributed by atoms with Gasteiger partial charge >= 0.3 is 0 Å². The van der Waals surface area contributed by atoms with Crippen molar-refractivity contribution in [2.24, 2.45) is 17.3 Å². The number of carbonyl (C=O) groups excluding carboxylic acids is 1. The van der Waals surface area contributed by atoms with Crippen molar-refractivity contribution in [2.75, 3.05) is 0 Å². The van der Waals surface area contributed by atoms with Crippen LogP contribution in [-0.4, -0.2) is 24.6 Å². The Bertz CT molecular complexity index is 702. The van der Waals surface area contributed by atoms with E-state index in [2.05, 4.69) is 53.2 Å². The molecule has 0 bridgehead atoms. The molecule has 1 aromatic carbocycles. The summed E-state index contributed by atoms with van der Waals surface area (Å²) in [5.41, 5.74) is -1.38. The van der Waals surface area contributed by atoms with Gasteiger partial charge in [0.1, 0.15) is 11.2 Å². The molecule has 4 rings (SSSR count). The van der Waals surface area contributed by atoms with Crippen LogP contribution >= 0.6 is 15.9 Å². The Hall–Kier alpha value is -0.553. The Morgan fingerprint density at radius 3 is 2.33 bits per heavy atom. The van der Waals surface area contributed by atoms with Crippen LogP contribution < -0.4 is 5.19 Å². The molecule has 3 aliphatic rings. The van der Waals surface area contributed by atoms with Gasteiger partial charge in [0.15, 0.2) is 6.17 Å². The summed E-state index contributed by atoms with van der Waals surface area (Å²) in [5.74, 6) is 0.605. The third kappa shape index (κ3) is 2.99. The second-order valence-electron chi connectivity index (χ2n) is 9.12. The van der Waals surface area contributed by atoms with Gasteiger partial charge in [0, 0.05) is 6.42 Å². The highest BCUT2D eigenvalue weighted by atomic mass is 79.9. The first-order chi connectivity index (χ1) is 12.9. The van der Waals surface area contributed by atoms with Crippen LogP contribution in [0.15, 0.2) is 30.3 Å². The first kappa shape index (κ1) is 19.7. The molecule has 3 fully saturated rings. The zero-order valence-electron chi connectivity index (χ0n) is 16.0. The number of ketones is 1. The fourth-order valence-corrected chi connectivity index (χ4v) is 12.3. The summed E-state index contributed by atoms with van der Waals surface area (Å²) in [6.45, 7) is 2.28. The molecule has 0 N–H and O–H groups in total. The number of carbonyl (C=O) groups is 1. The van der Waals surface area contributed by atoms with Crippen LogP contribution in [0.5, 0.6) is 0 Å². The van der Waals surface area contributed by atoms with Gasteiger partial charge in [-0.2, -0.15) is 0 Å². The van der Waals surface area contributed by atoms with Gasteiger partial charge in [0.05, 0.1) is 8.07 Å². The maximum absolute atomic E-state index is 14.5. The summed E-state index contributed by atoms with van der Waals surface area (Å²) >= 11 is 2.88. The maximum Gasteiger partial charge on any atom is 0.212 e. The molecular weight excluding hydrogens is 426 g/mol. The van der Waals surface area contributed by atoms with Gasteiger partial charge in [0.25, 0.3) is 0 Å². The zero-order chi connectivity index (χ0) is 19.3. The molecule has 2 aliphatic carbocycles. The highest BCUT2D eigenvalue weighted by molar-refractivity contribution is 9.10. The highest BCUT2D eigenvalue weighted by Crippen LogP contribution is 2.71. The van der Waals surface area contributed by atoms with Crippen LogP contribution in [0.2, 0.25) is 18.1 Å². The number of rotatable bonds is 4. The number of hydrogen-bond donors (Lipinski definition) is 0. The van der Waals surface area contributed by atoms with E-state index in [1.165, 1.54) is 24.6 Å². The standard InChI is InChI=1S/C22H29BrF2OSi/c1-2-12-27(18-6-4-3-5-7-18)13-10-16(11-14-27)17-8-9-19(26)21(15-17)20(24)22(21,23)25/h3-7,16-17,20H,2,8-15H2,1H3. The summed E-state index contributed by atoms with van der Waals surface area (Å²) in [7, 11) is -1.46. The van der Waals surface area contributed by atoms with E-state index in [1.807, 2.05) is 0 Å². The van der Waals surface area contributed by atoms with Crippen molar-refractivity contribution in [1.82, 2.24) is 0 Å². The van der Waals surface area contributed by atoms with Crippen LogP contribution in [0.1, 0.15) is 45.4 Å². The lowest BCUT2D eigenvalue weighted by molar-refractivity contribution is -0.129. The molecule has 0 radical (unpaired) electrons. The Morgan fingerprint density at radius 2 is 1.78 bits per heavy atom. The average Bonchev–Trinajstić information content (AvgIpc) is 3.11. The molecule has 5 heteroatoms. The fraction of sp³-hybridized carbons (Fsp3) is 0.682. The number of alkyl halides is 3. The van der Waals surface area contributed by atoms with Crippen LogP contribution in [0.3, 0.4) is 0 Å². The minimum absolute atomic E-state index is 0.208. The minimum atomic E-state index is -2.12. The molecule has 27 heavy (non-hydrogen) atoms. The predicted molar refractivity (Wildman–Crippen MR) is 112 cm³/mol. The maximum atomic E-state index is 14.5.